The molecule has 0 aliphatic rings. The first-order chi connectivity index (χ1) is 14.2. The molecule has 3 aromatic rings. The molecule has 7 nitrogen and oxygen atoms in total. The van der Waals surface area contributed by atoms with Gasteiger partial charge in [0.15, 0.2) is 11.8 Å². The molecule has 2 aromatic carbocycles. The van der Waals surface area contributed by atoms with Gasteiger partial charge in [0, 0.05) is 19.2 Å². The summed E-state index contributed by atoms with van der Waals surface area (Å²) in [6.07, 6.45) is 0. The van der Waals surface area contributed by atoms with E-state index in [1.54, 1.807) is 0 Å². The fourth-order valence-corrected chi connectivity index (χ4v) is 2.82. The number of aliphatic imine (C=N–C) groups is 1. The molecule has 29 heavy (non-hydrogen) atoms. The summed E-state index contributed by atoms with van der Waals surface area (Å²) in [4.78, 5) is 4.73. The molecule has 0 saturated carbocycles. The second-order valence-corrected chi connectivity index (χ2v) is 6.62. The molecule has 0 aliphatic carbocycles. The number of nitrogens with one attached hydrogen (secondary N) is 2. The summed E-state index contributed by atoms with van der Waals surface area (Å²) in [5, 5.41) is 15.1. The Kier molecular flexibility index (Phi) is 7.22. The van der Waals surface area contributed by atoms with E-state index in [1.807, 2.05) is 61.9 Å². The third-order valence-electron chi connectivity index (χ3n) is 4.58. The van der Waals surface area contributed by atoms with Gasteiger partial charge in [0.05, 0.1) is 19.7 Å². The molecule has 2 N–H and O–H groups in total. The zero-order valence-electron chi connectivity index (χ0n) is 17.2. The molecular weight excluding hydrogens is 364 g/mol. The minimum Gasteiger partial charge on any atom is -0.494 e. The number of rotatable bonds is 8. The Labute approximate surface area is 171 Å². The van der Waals surface area contributed by atoms with Crippen LogP contribution in [0.5, 0.6) is 5.75 Å². The van der Waals surface area contributed by atoms with Crippen LogP contribution in [-0.4, -0.2) is 27.3 Å². The van der Waals surface area contributed by atoms with Crippen molar-refractivity contribution in [1.82, 2.24) is 25.4 Å². The van der Waals surface area contributed by atoms with E-state index in [1.165, 1.54) is 0 Å². The average molecular weight is 393 g/mol. The zero-order chi connectivity index (χ0) is 20.5. The maximum Gasteiger partial charge on any atom is 0.192 e. The van der Waals surface area contributed by atoms with E-state index < -0.39 is 0 Å². The van der Waals surface area contributed by atoms with Gasteiger partial charge in [-0.25, -0.2) is 4.99 Å². The highest BCUT2D eigenvalue weighted by molar-refractivity contribution is 5.79. The van der Waals surface area contributed by atoms with Crippen LogP contribution in [-0.2, 0) is 26.7 Å². The topological polar surface area (TPSA) is 76.4 Å². The molecule has 0 fully saturated rings. The van der Waals surface area contributed by atoms with Crippen molar-refractivity contribution in [1.29, 1.82) is 0 Å². The minimum atomic E-state index is 0.533. The number of nitrogens with zero attached hydrogens (tertiary/aromatic N) is 4. The zero-order valence-corrected chi connectivity index (χ0v) is 17.2. The summed E-state index contributed by atoms with van der Waals surface area (Å²) in [6, 6.07) is 18.2. The fourth-order valence-electron chi connectivity index (χ4n) is 2.82. The summed E-state index contributed by atoms with van der Waals surface area (Å²) < 4.78 is 7.69. The van der Waals surface area contributed by atoms with Gasteiger partial charge in [-0.05, 0) is 25.5 Å². The Morgan fingerprint density at radius 1 is 1.00 bits per heavy atom. The van der Waals surface area contributed by atoms with Crippen molar-refractivity contribution in [2.45, 2.75) is 33.5 Å². The van der Waals surface area contributed by atoms with Crippen LogP contribution in [0.1, 0.15) is 29.7 Å². The number of para-hydroxylation sites is 1. The minimum absolute atomic E-state index is 0.533. The van der Waals surface area contributed by atoms with Crippen molar-refractivity contribution in [2.24, 2.45) is 12.0 Å². The molecule has 1 aromatic heterocycles. The largest absolute Gasteiger partial charge is 0.494 e. The fraction of sp³-hybridized carbons (Fsp3) is 0.318. The Morgan fingerprint density at radius 2 is 1.72 bits per heavy atom. The molecule has 0 spiro atoms. The van der Waals surface area contributed by atoms with Crippen LogP contribution in [0, 0.1) is 6.92 Å². The molecule has 0 bridgehead atoms. The first kappa shape index (κ1) is 20.4. The van der Waals surface area contributed by atoms with Gasteiger partial charge >= 0.3 is 0 Å². The SMILES string of the molecule is CCOc1ccccc1CNC(=NCc1ccccc1)NCc1nnc(C)n1C. The maximum absolute atomic E-state index is 5.72. The monoisotopic (exact) mass is 392 g/mol. The lowest BCUT2D eigenvalue weighted by molar-refractivity contribution is 0.336. The third kappa shape index (κ3) is 5.81. The molecule has 3 rings (SSSR count). The van der Waals surface area contributed by atoms with Gasteiger partial charge in [0.1, 0.15) is 11.6 Å². The van der Waals surface area contributed by atoms with E-state index in [0.717, 1.165) is 28.5 Å². The lowest BCUT2D eigenvalue weighted by atomic mass is 10.2. The van der Waals surface area contributed by atoms with Gasteiger partial charge in [-0.3, -0.25) is 0 Å². The maximum atomic E-state index is 5.72. The van der Waals surface area contributed by atoms with Gasteiger partial charge < -0.3 is 19.9 Å². The number of guanidine groups is 1. The second-order valence-electron chi connectivity index (χ2n) is 6.62. The molecule has 7 heteroatoms. The van der Waals surface area contributed by atoms with Crippen LogP contribution in [0.2, 0.25) is 0 Å². The number of hydrogen-bond donors (Lipinski definition) is 2. The normalized spacial score (nSPS) is 11.3. The van der Waals surface area contributed by atoms with Crippen molar-refractivity contribution in [3.05, 3.63) is 77.4 Å². The molecule has 0 aliphatic heterocycles. The standard InChI is InChI=1S/C22H28N6O/c1-4-29-20-13-9-8-12-19(20)15-24-22(23-14-18-10-6-5-7-11-18)25-16-21-27-26-17(2)28(21)3/h5-13H,4,14-16H2,1-3H3,(H2,23,24,25). The lowest BCUT2D eigenvalue weighted by Gasteiger charge is -2.15. The van der Waals surface area contributed by atoms with Crippen LogP contribution in [0.25, 0.3) is 0 Å². The molecule has 152 valence electrons. The predicted octanol–water partition coefficient (Wildman–Crippen LogP) is 2.96. The number of benzene rings is 2. The molecule has 0 radical (unpaired) electrons. The van der Waals surface area contributed by atoms with E-state index >= 15 is 0 Å². The summed E-state index contributed by atoms with van der Waals surface area (Å²) >= 11 is 0. The first-order valence-electron chi connectivity index (χ1n) is 9.79. The Morgan fingerprint density at radius 3 is 2.45 bits per heavy atom. The Balaban J connectivity index is 1.70. The highest BCUT2D eigenvalue weighted by atomic mass is 16.5. The van der Waals surface area contributed by atoms with Gasteiger partial charge in [-0.2, -0.15) is 0 Å². The smallest absolute Gasteiger partial charge is 0.192 e. The quantitative estimate of drug-likeness (QED) is 0.455. The van der Waals surface area contributed by atoms with E-state index in [2.05, 4.69) is 39.0 Å². The Hall–Kier alpha value is -3.35. The van der Waals surface area contributed by atoms with Crippen molar-refractivity contribution in [2.75, 3.05) is 6.61 Å². The average Bonchev–Trinajstić information content (AvgIpc) is 3.07. The van der Waals surface area contributed by atoms with Crippen LogP contribution < -0.4 is 15.4 Å². The van der Waals surface area contributed by atoms with Crippen LogP contribution in [0.4, 0.5) is 0 Å². The van der Waals surface area contributed by atoms with Crippen LogP contribution >= 0.6 is 0 Å². The Bertz CT molecular complexity index is 935. The molecule has 0 atom stereocenters. The van der Waals surface area contributed by atoms with E-state index in [-0.39, 0.29) is 0 Å². The van der Waals surface area contributed by atoms with Crippen LogP contribution in [0.3, 0.4) is 0 Å². The summed E-state index contributed by atoms with van der Waals surface area (Å²) in [5.74, 6) is 3.32. The highest BCUT2D eigenvalue weighted by Gasteiger charge is 2.08. The second kappa shape index (κ2) is 10.3. The van der Waals surface area contributed by atoms with Gasteiger partial charge in [0.25, 0.3) is 0 Å². The van der Waals surface area contributed by atoms with Crippen molar-refractivity contribution in [3.63, 3.8) is 0 Å². The molecular formula is C22H28N6O. The van der Waals surface area contributed by atoms with E-state index in [0.29, 0.717) is 32.2 Å². The van der Waals surface area contributed by atoms with Gasteiger partial charge in [-0.15, -0.1) is 10.2 Å². The number of aryl methyl sites for hydroxylation is 1. The van der Waals surface area contributed by atoms with E-state index in [4.69, 9.17) is 9.73 Å². The van der Waals surface area contributed by atoms with Crippen molar-refractivity contribution >= 4 is 5.96 Å². The number of aromatic nitrogens is 3. The van der Waals surface area contributed by atoms with Gasteiger partial charge in [0.2, 0.25) is 0 Å². The summed E-state index contributed by atoms with van der Waals surface area (Å²) in [7, 11) is 1.96. The molecule has 0 saturated heterocycles. The van der Waals surface area contributed by atoms with Crippen molar-refractivity contribution in [3.8, 4) is 5.75 Å². The highest BCUT2D eigenvalue weighted by Crippen LogP contribution is 2.17. The molecule has 0 unspecified atom stereocenters. The van der Waals surface area contributed by atoms with Crippen LogP contribution in [0.15, 0.2) is 59.6 Å². The summed E-state index contributed by atoms with van der Waals surface area (Å²) in [6.45, 7) is 6.28. The number of hydrogen-bond acceptors (Lipinski definition) is 4. The summed E-state index contributed by atoms with van der Waals surface area (Å²) in [5.41, 5.74) is 2.23. The molecule has 1 heterocycles. The van der Waals surface area contributed by atoms with Gasteiger partial charge in [-0.1, -0.05) is 48.5 Å². The molecule has 0 amide bonds. The lowest BCUT2D eigenvalue weighted by Crippen LogP contribution is -2.37. The predicted molar refractivity (Wildman–Crippen MR) is 115 cm³/mol. The first-order valence-corrected chi connectivity index (χ1v) is 9.79. The van der Waals surface area contributed by atoms with E-state index in [9.17, 15) is 0 Å². The van der Waals surface area contributed by atoms with Crippen molar-refractivity contribution < 1.29 is 4.74 Å². The number of ether oxygens (including phenoxy) is 1. The third-order valence-corrected chi connectivity index (χ3v) is 4.58.